The monoisotopic (exact) mass is 260 g/mol. The van der Waals surface area contributed by atoms with Crippen molar-refractivity contribution in [2.24, 2.45) is 11.8 Å². The summed E-state index contributed by atoms with van der Waals surface area (Å²) in [5.74, 6) is -1.27. The average molecular weight is 260 g/mol. The fourth-order valence-electron chi connectivity index (χ4n) is 2.29. The van der Waals surface area contributed by atoms with Crippen molar-refractivity contribution < 1.29 is 28.5 Å². The summed E-state index contributed by atoms with van der Waals surface area (Å²) in [6.07, 6.45) is 1.35. The highest BCUT2D eigenvalue weighted by Gasteiger charge is 2.37. The highest BCUT2D eigenvalue weighted by molar-refractivity contribution is 5.76. The molecule has 0 N–H and O–H groups in total. The van der Waals surface area contributed by atoms with Crippen LogP contribution >= 0.6 is 0 Å². The molecule has 0 aromatic carbocycles. The Labute approximate surface area is 107 Å². The molecule has 0 bridgehead atoms. The number of ether oxygens (including phenoxy) is 4. The van der Waals surface area contributed by atoms with Gasteiger partial charge in [-0.15, -0.1) is 0 Å². The summed E-state index contributed by atoms with van der Waals surface area (Å²) in [4.78, 5) is 23.2. The highest BCUT2D eigenvalue weighted by Crippen LogP contribution is 2.32. The van der Waals surface area contributed by atoms with Gasteiger partial charge in [-0.1, -0.05) is 0 Å². The largest absolute Gasteiger partial charge is 0.469 e. The number of rotatable bonds is 5. The molecule has 2 atom stereocenters. The van der Waals surface area contributed by atoms with E-state index in [0.29, 0.717) is 19.3 Å². The zero-order chi connectivity index (χ0) is 13.5. The van der Waals surface area contributed by atoms with E-state index >= 15 is 0 Å². The van der Waals surface area contributed by atoms with Gasteiger partial charge in [-0.25, -0.2) is 0 Å². The quantitative estimate of drug-likeness (QED) is 0.536. The Kier molecular flexibility index (Phi) is 6.07. The van der Waals surface area contributed by atoms with Crippen molar-refractivity contribution in [1.82, 2.24) is 0 Å². The third-order valence-corrected chi connectivity index (χ3v) is 3.15. The van der Waals surface area contributed by atoms with Crippen LogP contribution in [0.5, 0.6) is 0 Å². The van der Waals surface area contributed by atoms with E-state index in [0.717, 1.165) is 0 Å². The standard InChI is InChI=1S/C12H20O6/c1-15-7-18-10-5-8(11(13)16-2)4-9(6-10)12(14)17-3/h8-10H,4-7H2,1-3H3. The molecule has 0 heterocycles. The van der Waals surface area contributed by atoms with Crippen molar-refractivity contribution in [3.8, 4) is 0 Å². The normalized spacial score (nSPS) is 27.6. The van der Waals surface area contributed by atoms with Gasteiger partial charge in [-0.05, 0) is 19.3 Å². The molecule has 0 aromatic heterocycles. The average Bonchev–Trinajstić information content (AvgIpc) is 2.42. The lowest BCUT2D eigenvalue weighted by molar-refractivity contribution is -0.159. The number of hydrogen-bond acceptors (Lipinski definition) is 6. The van der Waals surface area contributed by atoms with E-state index in [1.54, 1.807) is 0 Å². The van der Waals surface area contributed by atoms with Crippen LogP contribution in [0.4, 0.5) is 0 Å². The molecule has 1 aliphatic carbocycles. The second-order valence-electron chi connectivity index (χ2n) is 4.34. The Hall–Kier alpha value is -1.14. The summed E-state index contributed by atoms with van der Waals surface area (Å²) in [5, 5.41) is 0. The van der Waals surface area contributed by atoms with Crippen LogP contribution in [-0.4, -0.2) is 46.2 Å². The van der Waals surface area contributed by atoms with Crippen molar-refractivity contribution in [3.05, 3.63) is 0 Å². The minimum absolute atomic E-state index is 0.145. The lowest BCUT2D eigenvalue weighted by atomic mass is 9.79. The van der Waals surface area contributed by atoms with Gasteiger partial charge in [-0.2, -0.15) is 0 Å². The molecular weight excluding hydrogens is 240 g/mol. The molecule has 0 aromatic rings. The number of hydrogen-bond donors (Lipinski definition) is 0. The second-order valence-corrected chi connectivity index (χ2v) is 4.34. The molecule has 1 aliphatic rings. The smallest absolute Gasteiger partial charge is 0.308 e. The SMILES string of the molecule is COCOC1CC(C(=O)OC)CC(C(=O)OC)C1. The first-order valence-corrected chi connectivity index (χ1v) is 5.88. The molecule has 6 heteroatoms. The van der Waals surface area contributed by atoms with Crippen LogP contribution in [0.3, 0.4) is 0 Å². The number of carbonyl (C=O) groups excluding carboxylic acids is 2. The van der Waals surface area contributed by atoms with E-state index in [-0.39, 0.29) is 36.7 Å². The summed E-state index contributed by atoms with van der Waals surface area (Å²) in [6.45, 7) is 0.145. The van der Waals surface area contributed by atoms with Crippen molar-refractivity contribution in [3.63, 3.8) is 0 Å². The minimum Gasteiger partial charge on any atom is -0.469 e. The van der Waals surface area contributed by atoms with E-state index in [4.69, 9.17) is 18.9 Å². The Morgan fingerprint density at radius 1 is 0.944 bits per heavy atom. The minimum atomic E-state index is -0.324. The Balaban J connectivity index is 2.65. The van der Waals surface area contributed by atoms with Gasteiger partial charge < -0.3 is 18.9 Å². The predicted molar refractivity (Wildman–Crippen MR) is 61.6 cm³/mol. The van der Waals surface area contributed by atoms with Gasteiger partial charge >= 0.3 is 11.9 Å². The summed E-state index contributed by atoms with van der Waals surface area (Å²) >= 11 is 0. The van der Waals surface area contributed by atoms with Gasteiger partial charge in [0.05, 0.1) is 32.2 Å². The summed E-state index contributed by atoms with van der Waals surface area (Å²) in [7, 11) is 4.21. The molecule has 2 unspecified atom stereocenters. The predicted octanol–water partition coefficient (Wildman–Crippen LogP) is 0.738. The third kappa shape index (κ3) is 3.96. The maximum atomic E-state index is 11.6. The molecule has 104 valence electrons. The van der Waals surface area contributed by atoms with E-state index < -0.39 is 0 Å². The zero-order valence-electron chi connectivity index (χ0n) is 11.0. The maximum Gasteiger partial charge on any atom is 0.308 e. The molecule has 1 rings (SSSR count). The molecule has 1 saturated carbocycles. The van der Waals surface area contributed by atoms with Crippen LogP contribution < -0.4 is 0 Å². The molecule has 6 nitrogen and oxygen atoms in total. The van der Waals surface area contributed by atoms with Crippen LogP contribution in [0.25, 0.3) is 0 Å². The summed E-state index contributed by atoms with van der Waals surface area (Å²) in [6, 6.07) is 0. The Bertz CT molecular complexity index is 266. The number of esters is 2. The molecule has 0 saturated heterocycles. The van der Waals surface area contributed by atoms with Crippen LogP contribution in [0.2, 0.25) is 0 Å². The number of carbonyl (C=O) groups is 2. The van der Waals surface area contributed by atoms with Crippen molar-refractivity contribution in [1.29, 1.82) is 0 Å². The van der Waals surface area contributed by atoms with E-state index in [9.17, 15) is 9.59 Å². The molecule has 0 aliphatic heterocycles. The van der Waals surface area contributed by atoms with Gasteiger partial charge in [0, 0.05) is 7.11 Å². The fourth-order valence-corrected chi connectivity index (χ4v) is 2.29. The molecule has 18 heavy (non-hydrogen) atoms. The highest BCUT2D eigenvalue weighted by atomic mass is 16.7. The summed E-state index contributed by atoms with van der Waals surface area (Å²) in [5.41, 5.74) is 0. The van der Waals surface area contributed by atoms with Crippen molar-refractivity contribution in [2.45, 2.75) is 25.4 Å². The van der Waals surface area contributed by atoms with E-state index in [1.807, 2.05) is 0 Å². The second kappa shape index (κ2) is 7.33. The molecule has 0 spiro atoms. The van der Waals surface area contributed by atoms with E-state index in [1.165, 1.54) is 21.3 Å². The first-order valence-electron chi connectivity index (χ1n) is 5.88. The topological polar surface area (TPSA) is 71.1 Å². The first kappa shape index (κ1) is 14.9. The van der Waals surface area contributed by atoms with Crippen molar-refractivity contribution >= 4 is 11.9 Å². The number of methoxy groups -OCH3 is 3. The van der Waals surface area contributed by atoms with Gasteiger partial charge in [0.1, 0.15) is 6.79 Å². The van der Waals surface area contributed by atoms with Crippen LogP contribution in [0, 0.1) is 11.8 Å². The lowest BCUT2D eigenvalue weighted by Crippen LogP contribution is -2.37. The Morgan fingerprint density at radius 2 is 1.44 bits per heavy atom. The third-order valence-electron chi connectivity index (χ3n) is 3.15. The van der Waals surface area contributed by atoms with Gasteiger partial charge in [-0.3, -0.25) is 9.59 Å². The van der Waals surface area contributed by atoms with Gasteiger partial charge in [0.15, 0.2) is 0 Å². The molecule has 1 fully saturated rings. The fraction of sp³-hybridized carbons (Fsp3) is 0.833. The van der Waals surface area contributed by atoms with Crippen LogP contribution in [0.15, 0.2) is 0 Å². The van der Waals surface area contributed by atoms with Crippen LogP contribution in [-0.2, 0) is 28.5 Å². The van der Waals surface area contributed by atoms with Gasteiger partial charge in [0.25, 0.3) is 0 Å². The molecule has 0 radical (unpaired) electrons. The van der Waals surface area contributed by atoms with E-state index in [2.05, 4.69) is 0 Å². The van der Waals surface area contributed by atoms with Crippen molar-refractivity contribution in [2.75, 3.05) is 28.1 Å². The first-order chi connectivity index (χ1) is 8.62. The maximum absolute atomic E-state index is 11.6. The molecular formula is C12H20O6. The zero-order valence-corrected chi connectivity index (χ0v) is 11.0. The van der Waals surface area contributed by atoms with Gasteiger partial charge in [0.2, 0.25) is 0 Å². The van der Waals surface area contributed by atoms with Crippen LogP contribution in [0.1, 0.15) is 19.3 Å². The summed E-state index contributed by atoms with van der Waals surface area (Å²) < 4.78 is 19.7. The molecule has 0 amide bonds. The lowest BCUT2D eigenvalue weighted by Gasteiger charge is -2.31. The Morgan fingerprint density at radius 3 is 1.83 bits per heavy atom.